The minimum absolute atomic E-state index is 0.0307. The molecule has 34 heavy (non-hydrogen) atoms. The average Bonchev–Trinajstić information content (AvgIpc) is 3.02. The first-order valence-corrected chi connectivity index (χ1v) is 12.6. The molecule has 0 spiro atoms. The summed E-state index contributed by atoms with van der Waals surface area (Å²) < 4.78 is 38.7. The van der Waals surface area contributed by atoms with Crippen molar-refractivity contribution >= 4 is 31.0 Å². The Morgan fingerprint density at radius 1 is 1.29 bits per heavy atom. The van der Waals surface area contributed by atoms with Crippen molar-refractivity contribution in [2.24, 2.45) is 0 Å². The van der Waals surface area contributed by atoms with Crippen LogP contribution in [-0.4, -0.2) is 69.0 Å². The maximum Gasteiger partial charge on any atom is 0.359 e. The number of nitrogens with zero attached hydrogens (tertiary/aromatic N) is 3. The van der Waals surface area contributed by atoms with E-state index < -0.39 is 54.6 Å². The van der Waals surface area contributed by atoms with Crippen LogP contribution in [0.25, 0.3) is 11.2 Å². The van der Waals surface area contributed by atoms with E-state index in [2.05, 4.69) is 15.0 Å². The van der Waals surface area contributed by atoms with Crippen LogP contribution in [0.15, 0.2) is 11.0 Å². The molecule has 12 nitrogen and oxygen atoms in total. The third-order valence-electron chi connectivity index (χ3n) is 6.19. The van der Waals surface area contributed by atoms with Crippen molar-refractivity contribution in [3.63, 3.8) is 0 Å². The molecule has 1 fully saturated rings. The van der Waals surface area contributed by atoms with E-state index in [1.165, 1.54) is 31.5 Å². The first kappa shape index (κ1) is 27.0. The zero-order chi connectivity index (χ0) is 25.6. The van der Waals surface area contributed by atoms with Crippen molar-refractivity contribution in [3.05, 3.63) is 27.3 Å². The summed E-state index contributed by atoms with van der Waals surface area (Å²) in [7, 11) is -4.49. The minimum Gasteiger partial charge on any atom is -0.388 e. The number of halogens is 1. The Labute approximate surface area is 198 Å². The Morgan fingerprint density at radius 2 is 1.94 bits per heavy atom. The lowest BCUT2D eigenvalue weighted by Crippen LogP contribution is -2.40. The summed E-state index contributed by atoms with van der Waals surface area (Å²) in [6, 6.07) is 0. The van der Waals surface area contributed by atoms with Crippen LogP contribution in [0.1, 0.15) is 53.2 Å². The smallest absolute Gasteiger partial charge is 0.359 e. The van der Waals surface area contributed by atoms with Crippen molar-refractivity contribution in [1.82, 2.24) is 19.5 Å². The van der Waals surface area contributed by atoms with Gasteiger partial charge in [-0.05, 0) is 38.9 Å². The van der Waals surface area contributed by atoms with Gasteiger partial charge >= 0.3 is 13.2 Å². The van der Waals surface area contributed by atoms with Gasteiger partial charge in [0.15, 0.2) is 17.2 Å². The summed E-state index contributed by atoms with van der Waals surface area (Å²) in [6.45, 7) is 5.96. The van der Waals surface area contributed by atoms with Crippen molar-refractivity contribution in [2.75, 3.05) is 0 Å². The van der Waals surface area contributed by atoms with Crippen LogP contribution in [0.2, 0.25) is 0 Å². The SMILES string of the molecule is CCC(C)(C[C@H]1O[C@@H](n2cc3nc(F)c(=O)[nH]c3nc2=S)[C@@H](O)C1O)OP(=O)(O)C(C)(O)CC. The number of ether oxygens (including phenoxy) is 1. The Bertz CT molecular complexity index is 1240. The Morgan fingerprint density at radius 3 is 2.53 bits per heavy atom. The van der Waals surface area contributed by atoms with Gasteiger partial charge in [0.2, 0.25) is 4.77 Å². The molecule has 2 aromatic heterocycles. The van der Waals surface area contributed by atoms with Gasteiger partial charge in [-0.25, -0.2) is 4.98 Å². The molecular weight excluding hydrogens is 494 g/mol. The summed E-state index contributed by atoms with van der Waals surface area (Å²) in [5, 5.41) is 29.6. The van der Waals surface area contributed by atoms with Crippen LogP contribution < -0.4 is 5.56 Å². The number of aliphatic hydroxyl groups excluding tert-OH is 2. The lowest BCUT2D eigenvalue weighted by Gasteiger charge is -2.37. The maximum atomic E-state index is 13.6. The van der Waals surface area contributed by atoms with Crippen LogP contribution in [0.4, 0.5) is 4.39 Å². The normalized spacial score (nSPS) is 28.4. The summed E-state index contributed by atoms with van der Waals surface area (Å²) in [5.41, 5.74) is -2.51. The number of aromatic amines is 1. The fourth-order valence-corrected chi connectivity index (χ4v) is 5.17. The number of fused-ring (bicyclic) bond motifs is 1. The lowest BCUT2D eigenvalue weighted by atomic mass is 9.93. The first-order chi connectivity index (χ1) is 15.6. The predicted molar refractivity (Wildman–Crippen MR) is 120 cm³/mol. The van der Waals surface area contributed by atoms with E-state index in [0.717, 1.165) is 0 Å². The van der Waals surface area contributed by atoms with Crippen LogP contribution in [0.3, 0.4) is 0 Å². The molecule has 1 aliphatic rings. The second-order valence-electron chi connectivity index (χ2n) is 8.76. The molecule has 7 atom stereocenters. The average molecular weight is 522 g/mol. The van der Waals surface area contributed by atoms with E-state index in [4.69, 9.17) is 21.5 Å². The van der Waals surface area contributed by atoms with Crippen molar-refractivity contribution < 1.29 is 38.4 Å². The summed E-state index contributed by atoms with van der Waals surface area (Å²) in [5.74, 6) is -1.28. The molecule has 0 aromatic carbocycles. The number of aliphatic hydroxyl groups is 3. The molecule has 15 heteroatoms. The molecule has 2 aromatic rings. The third kappa shape index (κ3) is 5.00. The van der Waals surface area contributed by atoms with Gasteiger partial charge in [-0.2, -0.15) is 9.37 Å². The van der Waals surface area contributed by atoms with Gasteiger partial charge in [-0.15, -0.1) is 0 Å². The summed E-state index contributed by atoms with van der Waals surface area (Å²) in [4.78, 5) is 31.5. The Kier molecular flexibility index (Phi) is 7.48. The van der Waals surface area contributed by atoms with E-state index in [1.807, 2.05) is 0 Å². The van der Waals surface area contributed by atoms with Crippen LogP contribution in [0, 0.1) is 10.7 Å². The molecule has 3 rings (SSSR count). The molecule has 0 bridgehead atoms. The first-order valence-electron chi connectivity index (χ1n) is 10.6. The van der Waals surface area contributed by atoms with Crippen LogP contribution in [-0.2, 0) is 13.8 Å². The van der Waals surface area contributed by atoms with Crippen molar-refractivity contribution in [2.45, 2.75) is 82.4 Å². The molecule has 3 heterocycles. The van der Waals surface area contributed by atoms with E-state index in [9.17, 15) is 34.0 Å². The second-order valence-corrected chi connectivity index (χ2v) is 11.3. The van der Waals surface area contributed by atoms with Gasteiger partial charge in [0.1, 0.15) is 17.7 Å². The number of hydrogen-bond donors (Lipinski definition) is 5. The molecule has 190 valence electrons. The number of hydrogen-bond acceptors (Lipinski definition) is 10. The Hall–Kier alpha value is -1.64. The maximum absolute atomic E-state index is 13.6. The number of rotatable bonds is 8. The number of aromatic nitrogens is 4. The fraction of sp³-hybridized carbons (Fsp3) is 0.684. The second kappa shape index (κ2) is 9.43. The standard InChI is InChI=1S/C19H28FN4O8PS/c1-5-18(3,32-33(29,30)19(4,28)6-2)7-10-11(25)12(26)16(31-10)24-8-9-14(23-17(24)34)22-15(27)13(20)21-9/h8,10-12,16,25-26,28H,5-7H2,1-4H3,(H,29,30)(H,22,23,27,34)/t10-,11?,12+,16-,18?,19?/m1/s1. The molecular formula is C19H28FN4O8PS. The van der Waals surface area contributed by atoms with Crippen LogP contribution in [0.5, 0.6) is 0 Å². The zero-order valence-corrected chi connectivity index (χ0v) is 20.7. The molecule has 0 aliphatic carbocycles. The third-order valence-corrected chi connectivity index (χ3v) is 8.71. The molecule has 0 radical (unpaired) electrons. The summed E-state index contributed by atoms with van der Waals surface area (Å²) in [6.07, 6.45) is -3.95. The van der Waals surface area contributed by atoms with Gasteiger partial charge in [-0.1, -0.05) is 13.8 Å². The topological polar surface area (TPSA) is 180 Å². The van der Waals surface area contributed by atoms with Crippen molar-refractivity contribution in [3.8, 4) is 0 Å². The molecule has 1 aliphatic heterocycles. The molecule has 1 saturated heterocycles. The predicted octanol–water partition coefficient (Wildman–Crippen LogP) is 1.49. The van der Waals surface area contributed by atoms with Gasteiger partial charge in [0.25, 0.3) is 5.95 Å². The highest BCUT2D eigenvalue weighted by molar-refractivity contribution is 7.71. The van der Waals surface area contributed by atoms with E-state index in [0.29, 0.717) is 0 Å². The lowest BCUT2D eigenvalue weighted by molar-refractivity contribution is -0.0707. The highest BCUT2D eigenvalue weighted by Crippen LogP contribution is 2.59. The van der Waals surface area contributed by atoms with E-state index >= 15 is 0 Å². The molecule has 0 saturated carbocycles. The van der Waals surface area contributed by atoms with E-state index in [-0.39, 0.29) is 35.2 Å². The fourth-order valence-electron chi connectivity index (χ4n) is 3.53. The monoisotopic (exact) mass is 522 g/mol. The van der Waals surface area contributed by atoms with Gasteiger partial charge in [-0.3, -0.25) is 13.9 Å². The van der Waals surface area contributed by atoms with Gasteiger partial charge in [0, 0.05) is 12.6 Å². The largest absolute Gasteiger partial charge is 0.388 e. The highest BCUT2D eigenvalue weighted by atomic mass is 32.1. The van der Waals surface area contributed by atoms with Crippen LogP contribution >= 0.6 is 19.8 Å². The zero-order valence-electron chi connectivity index (χ0n) is 19.0. The number of H-pyrrole nitrogens is 1. The van der Waals surface area contributed by atoms with Crippen molar-refractivity contribution in [1.29, 1.82) is 0 Å². The molecule has 4 unspecified atom stereocenters. The number of nitrogens with one attached hydrogen (secondary N) is 1. The Balaban J connectivity index is 1.89. The van der Waals surface area contributed by atoms with Gasteiger partial charge in [0.05, 0.1) is 11.7 Å². The minimum atomic E-state index is -4.49. The summed E-state index contributed by atoms with van der Waals surface area (Å²) >= 11 is 5.19. The molecule has 5 N–H and O–H groups in total. The molecule has 0 amide bonds. The van der Waals surface area contributed by atoms with Gasteiger partial charge < -0.3 is 34.5 Å². The van der Waals surface area contributed by atoms with E-state index in [1.54, 1.807) is 6.92 Å². The quantitative estimate of drug-likeness (QED) is 0.250. The highest BCUT2D eigenvalue weighted by Gasteiger charge is 2.50.